The van der Waals surface area contributed by atoms with Crippen LogP contribution in [-0.4, -0.2) is 58.8 Å². The van der Waals surface area contributed by atoms with Crippen molar-refractivity contribution in [3.05, 3.63) is 11.4 Å². The molecule has 0 saturated heterocycles. The Hall–Kier alpha value is -0.980. The number of methoxy groups -OCH3 is 2. The first-order valence-corrected chi connectivity index (χ1v) is 8.35. The Kier molecular flexibility index (Phi) is 5.18. The van der Waals surface area contributed by atoms with Gasteiger partial charge >= 0.3 is 0 Å². The van der Waals surface area contributed by atoms with Crippen LogP contribution in [0.2, 0.25) is 0 Å². The van der Waals surface area contributed by atoms with E-state index < -0.39 is 0 Å². The lowest BCUT2D eigenvalue weighted by Gasteiger charge is -2.41. The highest BCUT2D eigenvalue weighted by Gasteiger charge is 2.38. The fourth-order valence-electron chi connectivity index (χ4n) is 3.17. The second-order valence-electron chi connectivity index (χ2n) is 8.30. The zero-order valence-electron chi connectivity index (χ0n) is 15.9. The monoisotopic (exact) mass is 324 g/mol. The summed E-state index contributed by atoms with van der Waals surface area (Å²) in [5.74, 6) is 0. The Bertz CT molecular complexity index is 528. The van der Waals surface area contributed by atoms with Crippen molar-refractivity contribution in [3.63, 3.8) is 0 Å². The molecule has 0 aliphatic carbocycles. The van der Waals surface area contributed by atoms with E-state index in [9.17, 15) is 0 Å². The standard InChI is InChI=1S/C17H32N4O2/c1-16(2,3)20-10-9-12-14(15(23-8)13(11-20)22-7)21(19-18-12)17(4,5)6/h13,15H,9-11H2,1-8H3. The first kappa shape index (κ1) is 18.4. The first-order chi connectivity index (χ1) is 10.6. The smallest absolute Gasteiger partial charge is 0.128 e. The zero-order valence-corrected chi connectivity index (χ0v) is 15.9. The van der Waals surface area contributed by atoms with Crippen LogP contribution in [0.4, 0.5) is 0 Å². The molecule has 1 aliphatic rings. The molecule has 6 nitrogen and oxygen atoms in total. The number of ether oxygens (including phenoxy) is 2. The molecule has 132 valence electrons. The molecule has 0 radical (unpaired) electrons. The fraction of sp³-hybridized carbons (Fsp3) is 0.882. The average Bonchev–Trinajstić information content (AvgIpc) is 2.81. The third kappa shape index (κ3) is 3.75. The summed E-state index contributed by atoms with van der Waals surface area (Å²) in [6, 6.07) is 0. The Labute approximate surface area is 140 Å². The SMILES string of the molecule is COC1CN(C(C)(C)C)CCc2nnn(C(C)(C)C)c2C1OC. The summed E-state index contributed by atoms with van der Waals surface area (Å²) in [6.45, 7) is 14.9. The number of rotatable bonds is 2. The molecule has 0 spiro atoms. The maximum atomic E-state index is 5.86. The summed E-state index contributed by atoms with van der Waals surface area (Å²) in [7, 11) is 3.49. The number of hydrogen-bond acceptors (Lipinski definition) is 5. The van der Waals surface area contributed by atoms with Gasteiger partial charge in [0.1, 0.15) is 12.2 Å². The molecule has 0 fully saturated rings. The van der Waals surface area contributed by atoms with Gasteiger partial charge in [0, 0.05) is 39.3 Å². The van der Waals surface area contributed by atoms with E-state index in [4.69, 9.17) is 9.47 Å². The first-order valence-electron chi connectivity index (χ1n) is 8.35. The maximum absolute atomic E-state index is 5.86. The van der Waals surface area contributed by atoms with E-state index in [1.807, 2.05) is 4.68 Å². The lowest BCUT2D eigenvalue weighted by atomic mass is 9.97. The zero-order chi connectivity index (χ0) is 17.4. The molecule has 23 heavy (non-hydrogen) atoms. The fourth-order valence-corrected chi connectivity index (χ4v) is 3.17. The Morgan fingerprint density at radius 3 is 2.13 bits per heavy atom. The molecule has 1 aromatic heterocycles. The topological polar surface area (TPSA) is 52.4 Å². The van der Waals surface area contributed by atoms with Crippen LogP contribution >= 0.6 is 0 Å². The van der Waals surface area contributed by atoms with E-state index in [1.165, 1.54) is 0 Å². The van der Waals surface area contributed by atoms with Gasteiger partial charge in [0.05, 0.1) is 16.9 Å². The second-order valence-corrected chi connectivity index (χ2v) is 8.30. The third-order valence-corrected chi connectivity index (χ3v) is 4.55. The number of hydrogen-bond donors (Lipinski definition) is 0. The summed E-state index contributed by atoms with van der Waals surface area (Å²) in [5.41, 5.74) is 2.01. The minimum atomic E-state index is -0.172. The predicted octanol–water partition coefficient (Wildman–Crippen LogP) is 2.39. The maximum Gasteiger partial charge on any atom is 0.128 e. The molecule has 0 bridgehead atoms. The van der Waals surface area contributed by atoms with E-state index >= 15 is 0 Å². The van der Waals surface area contributed by atoms with Crippen LogP contribution in [0.5, 0.6) is 0 Å². The van der Waals surface area contributed by atoms with Crippen LogP contribution in [0.3, 0.4) is 0 Å². The molecular formula is C17H32N4O2. The summed E-state index contributed by atoms with van der Waals surface area (Å²) in [4.78, 5) is 2.44. The van der Waals surface area contributed by atoms with Gasteiger partial charge in [-0.15, -0.1) is 5.10 Å². The molecule has 0 amide bonds. The van der Waals surface area contributed by atoms with Gasteiger partial charge in [0.2, 0.25) is 0 Å². The van der Waals surface area contributed by atoms with Crippen LogP contribution in [-0.2, 0) is 21.4 Å². The largest absolute Gasteiger partial charge is 0.377 e. The van der Waals surface area contributed by atoms with Gasteiger partial charge in [-0.05, 0) is 41.5 Å². The molecule has 6 heteroatoms. The normalized spacial score (nSPS) is 24.2. The summed E-state index contributed by atoms with van der Waals surface area (Å²) in [6.07, 6.45) is 0.645. The van der Waals surface area contributed by atoms with Crippen LogP contribution < -0.4 is 0 Å². The van der Waals surface area contributed by atoms with Crippen molar-refractivity contribution in [1.82, 2.24) is 19.9 Å². The Morgan fingerprint density at radius 2 is 1.65 bits per heavy atom. The number of nitrogens with zero attached hydrogens (tertiary/aromatic N) is 4. The average molecular weight is 324 g/mol. The molecule has 0 aromatic carbocycles. The van der Waals surface area contributed by atoms with Crippen molar-refractivity contribution in [2.45, 2.75) is 71.2 Å². The minimum Gasteiger partial charge on any atom is -0.377 e. The van der Waals surface area contributed by atoms with Crippen molar-refractivity contribution in [2.75, 3.05) is 27.3 Å². The Balaban J connectivity index is 2.50. The quantitative estimate of drug-likeness (QED) is 0.836. The molecule has 1 aliphatic heterocycles. The van der Waals surface area contributed by atoms with Crippen molar-refractivity contribution in [1.29, 1.82) is 0 Å². The highest BCUT2D eigenvalue weighted by Crippen LogP contribution is 2.32. The van der Waals surface area contributed by atoms with Crippen molar-refractivity contribution >= 4 is 0 Å². The van der Waals surface area contributed by atoms with Crippen molar-refractivity contribution in [2.24, 2.45) is 0 Å². The van der Waals surface area contributed by atoms with Crippen LogP contribution in [0.25, 0.3) is 0 Å². The van der Waals surface area contributed by atoms with Gasteiger partial charge < -0.3 is 9.47 Å². The molecule has 1 aromatic rings. The molecule has 2 atom stereocenters. The Morgan fingerprint density at radius 1 is 1.00 bits per heavy atom. The number of aromatic nitrogens is 3. The van der Waals surface area contributed by atoms with E-state index in [2.05, 4.69) is 56.8 Å². The van der Waals surface area contributed by atoms with Gasteiger partial charge in [-0.1, -0.05) is 5.21 Å². The minimum absolute atomic E-state index is 0.0575. The van der Waals surface area contributed by atoms with Gasteiger partial charge in [0.15, 0.2) is 0 Å². The molecule has 2 heterocycles. The highest BCUT2D eigenvalue weighted by molar-refractivity contribution is 5.19. The molecule has 0 N–H and O–H groups in total. The van der Waals surface area contributed by atoms with Crippen LogP contribution in [0.15, 0.2) is 0 Å². The predicted molar refractivity (Wildman–Crippen MR) is 90.6 cm³/mol. The summed E-state index contributed by atoms with van der Waals surface area (Å²) < 4.78 is 13.7. The lowest BCUT2D eigenvalue weighted by Crippen LogP contribution is -2.50. The third-order valence-electron chi connectivity index (χ3n) is 4.55. The van der Waals surface area contributed by atoms with Gasteiger partial charge in [0.25, 0.3) is 0 Å². The lowest BCUT2D eigenvalue weighted by molar-refractivity contribution is -0.0708. The molecule has 0 saturated carbocycles. The molecular weight excluding hydrogens is 292 g/mol. The molecule has 2 rings (SSSR count). The van der Waals surface area contributed by atoms with Gasteiger partial charge in [-0.3, -0.25) is 4.90 Å². The van der Waals surface area contributed by atoms with Gasteiger partial charge in [-0.2, -0.15) is 0 Å². The van der Waals surface area contributed by atoms with Crippen molar-refractivity contribution < 1.29 is 9.47 Å². The van der Waals surface area contributed by atoms with Crippen molar-refractivity contribution in [3.8, 4) is 0 Å². The van der Waals surface area contributed by atoms with Gasteiger partial charge in [-0.25, -0.2) is 4.68 Å². The second kappa shape index (κ2) is 6.49. The van der Waals surface area contributed by atoms with Crippen LogP contribution in [0, 0.1) is 0 Å². The summed E-state index contributed by atoms with van der Waals surface area (Å²) >= 11 is 0. The summed E-state index contributed by atoms with van der Waals surface area (Å²) in [5, 5.41) is 8.88. The van der Waals surface area contributed by atoms with E-state index in [0.717, 1.165) is 30.9 Å². The number of fused-ring (bicyclic) bond motifs is 1. The van der Waals surface area contributed by atoms with E-state index in [0.29, 0.717) is 0 Å². The molecule has 2 unspecified atom stereocenters. The highest BCUT2D eigenvalue weighted by atomic mass is 16.5. The van der Waals surface area contributed by atoms with E-state index in [1.54, 1.807) is 14.2 Å². The van der Waals surface area contributed by atoms with Crippen LogP contribution in [0.1, 0.15) is 59.0 Å². The van der Waals surface area contributed by atoms with E-state index in [-0.39, 0.29) is 23.3 Å².